The Bertz CT molecular complexity index is 736. The number of thiophene rings is 1. The number of carbonyl (C=O) groups excluding carboxylic acids is 1. The predicted octanol–water partition coefficient (Wildman–Crippen LogP) is 1.34. The van der Waals surface area contributed by atoms with Crippen molar-refractivity contribution in [2.24, 2.45) is 0 Å². The lowest BCUT2D eigenvalue weighted by atomic mass is 10.2. The van der Waals surface area contributed by atoms with Crippen molar-refractivity contribution in [1.82, 2.24) is 14.1 Å². The minimum Gasteiger partial charge on any atom is -0.373 e. The summed E-state index contributed by atoms with van der Waals surface area (Å²) in [5.74, 6) is 0.0440. The first-order chi connectivity index (χ1) is 12.3. The number of nitrogens with zero attached hydrogens (tertiary/aromatic N) is 3. The molecule has 146 valence electrons. The van der Waals surface area contributed by atoms with Gasteiger partial charge in [-0.2, -0.15) is 4.31 Å². The maximum Gasteiger partial charge on any atom is 0.252 e. The number of hydrogen-bond acceptors (Lipinski definition) is 6. The largest absolute Gasteiger partial charge is 0.373 e. The van der Waals surface area contributed by atoms with E-state index in [1.807, 2.05) is 13.8 Å². The zero-order valence-corrected chi connectivity index (χ0v) is 17.3. The second kappa shape index (κ2) is 8.12. The Hall–Kier alpha value is -0.710. The number of sulfonamides is 1. The molecule has 0 N–H and O–H groups in total. The zero-order chi connectivity index (χ0) is 18.9. The van der Waals surface area contributed by atoms with Gasteiger partial charge in [-0.3, -0.25) is 9.69 Å². The maximum absolute atomic E-state index is 12.6. The molecule has 0 spiro atoms. The van der Waals surface area contributed by atoms with Gasteiger partial charge in [0.15, 0.2) is 0 Å². The lowest BCUT2D eigenvalue weighted by Gasteiger charge is -2.38. The Morgan fingerprint density at radius 1 is 1.19 bits per heavy atom. The van der Waals surface area contributed by atoms with E-state index >= 15 is 0 Å². The molecule has 7 nitrogen and oxygen atoms in total. The Morgan fingerprint density at radius 2 is 1.81 bits per heavy atom. The van der Waals surface area contributed by atoms with E-state index in [9.17, 15) is 13.2 Å². The fourth-order valence-electron chi connectivity index (χ4n) is 3.45. The Kier molecular flexibility index (Phi) is 6.25. The molecule has 0 radical (unpaired) electrons. The van der Waals surface area contributed by atoms with Gasteiger partial charge in [-0.05, 0) is 26.0 Å². The van der Waals surface area contributed by atoms with Crippen LogP contribution >= 0.6 is 22.9 Å². The molecule has 2 saturated heterocycles. The number of ether oxygens (including phenoxy) is 1. The molecule has 2 aliphatic heterocycles. The van der Waals surface area contributed by atoms with Crippen LogP contribution in [-0.2, 0) is 19.6 Å². The topological polar surface area (TPSA) is 70.2 Å². The van der Waals surface area contributed by atoms with E-state index in [0.717, 1.165) is 24.4 Å². The summed E-state index contributed by atoms with van der Waals surface area (Å²) in [7, 11) is -3.53. The van der Waals surface area contributed by atoms with Gasteiger partial charge in [0.1, 0.15) is 4.21 Å². The van der Waals surface area contributed by atoms with Crippen LogP contribution in [-0.4, -0.2) is 86.5 Å². The highest BCUT2D eigenvalue weighted by molar-refractivity contribution is 7.91. The third-order valence-electron chi connectivity index (χ3n) is 4.59. The molecule has 0 aromatic carbocycles. The Morgan fingerprint density at radius 3 is 2.35 bits per heavy atom. The molecule has 0 unspecified atom stereocenters. The van der Waals surface area contributed by atoms with E-state index < -0.39 is 10.0 Å². The summed E-state index contributed by atoms with van der Waals surface area (Å²) >= 11 is 6.91. The minimum atomic E-state index is -3.53. The summed E-state index contributed by atoms with van der Waals surface area (Å²) in [6.07, 6.45) is 0.234. The van der Waals surface area contributed by atoms with Crippen molar-refractivity contribution in [3.05, 3.63) is 16.5 Å². The summed E-state index contributed by atoms with van der Waals surface area (Å²) in [4.78, 5) is 16.4. The van der Waals surface area contributed by atoms with Gasteiger partial charge in [0, 0.05) is 39.3 Å². The van der Waals surface area contributed by atoms with Crippen LogP contribution in [0, 0.1) is 0 Å². The summed E-state index contributed by atoms with van der Waals surface area (Å²) in [5.41, 5.74) is 0. The van der Waals surface area contributed by atoms with Gasteiger partial charge >= 0.3 is 0 Å². The highest BCUT2D eigenvalue weighted by Gasteiger charge is 2.32. The third kappa shape index (κ3) is 4.58. The van der Waals surface area contributed by atoms with E-state index in [0.29, 0.717) is 37.1 Å². The minimum absolute atomic E-state index is 0.0440. The van der Waals surface area contributed by atoms with E-state index in [1.165, 1.54) is 10.4 Å². The molecule has 1 aromatic rings. The first kappa shape index (κ1) is 20.0. The average molecular weight is 422 g/mol. The van der Waals surface area contributed by atoms with Crippen molar-refractivity contribution in [3.8, 4) is 0 Å². The first-order valence-electron chi connectivity index (χ1n) is 8.67. The Balaban J connectivity index is 1.54. The molecular weight excluding hydrogens is 398 g/mol. The SMILES string of the molecule is C[C@@H]1CN(CC(=O)N2CCN(S(=O)(=O)c3ccc(Cl)s3)CC2)C[C@@H](C)O1. The molecule has 0 aliphatic carbocycles. The van der Waals surface area contributed by atoms with Crippen molar-refractivity contribution >= 4 is 38.9 Å². The third-order valence-corrected chi connectivity index (χ3v) is 8.19. The molecule has 1 amide bonds. The molecule has 26 heavy (non-hydrogen) atoms. The number of amides is 1. The lowest BCUT2D eigenvalue weighted by molar-refractivity contribution is -0.137. The van der Waals surface area contributed by atoms with Gasteiger partial charge in [-0.25, -0.2) is 8.42 Å². The first-order valence-corrected chi connectivity index (χ1v) is 11.3. The van der Waals surface area contributed by atoms with Crippen LogP contribution in [0.2, 0.25) is 4.34 Å². The second-order valence-corrected chi connectivity index (χ2v) is 10.7. The number of hydrogen-bond donors (Lipinski definition) is 0. The lowest BCUT2D eigenvalue weighted by Crippen LogP contribution is -2.54. The number of rotatable bonds is 4. The fourth-order valence-corrected chi connectivity index (χ4v) is 6.51. The molecule has 2 aliphatic rings. The van der Waals surface area contributed by atoms with Crippen LogP contribution in [0.4, 0.5) is 0 Å². The van der Waals surface area contributed by atoms with Crippen LogP contribution in [0.5, 0.6) is 0 Å². The van der Waals surface area contributed by atoms with Gasteiger partial charge < -0.3 is 9.64 Å². The van der Waals surface area contributed by atoms with Crippen molar-refractivity contribution < 1.29 is 17.9 Å². The molecule has 10 heteroatoms. The predicted molar refractivity (Wildman–Crippen MR) is 101 cm³/mol. The zero-order valence-electron chi connectivity index (χ0n) is 14.9. The smallest absolute Gasteiger partial charge is 0.252 e. The van der Waals surface area contributed by atoms with Crippen LogP contribution in [0.3, 0.4) is 0 Å². The van der Waals surface area contributed by atoms with Crippen molar-refractivity contribution in [2.45, 2.75) is 30.3 Å². The van der Waals surface area contributed by atoms with Crippen LogP contribution in [0.15, 0.2) is 16.3 Å². The fraction of sp³-hybridized carbons (Fsp3) is 0.688. The van der Waals surface area contributed by atoms with E-state index in [-0.39, 0.29) is 22.3 Å². The summed E-state index contributed by atoms with van der Waals surface area (Å²) in [6, 6.07) is 3.11. The summed E-state index contributed by atoms with van der Waals surface area (Å²) < 4.78 is 33.1. The second-order valence-electron chi connectivity index (χ2n) is 6.79. The number of halogens is 1. The van der Waals surface area contributed by atoms with Gasteiger partial charge in [0.25, 0.3) is 10.0 Å². The van der Waals surface area contributed by atoms with Crippen LogP contribution < -0.4 is 0 Å². The molecule has 0 saturated carbocycles. The molecule has 3 rings (SSSR count). The summed E-state index contributed by atoms with van der Waals surface area (Å²) in [5, 5.41) is 0. The molecule has 3 heterocycles. The number of carbonyl (C=O) groups is 1. The van der Waals surface area contributed by atoms with Gasteiger partial charge in [0.05, 0.1) is 23.1 Å². The molecule has 1 aromatic heterocycles. The van der Waals surface area contributed by atoms with E-state index in [4.69, 9.17) is 16.3 Å². The molecular formula is C16H24ClN3O4S2. The van der Waals surface area contributed by atoms with Crippen molar-refractivity contribution in [3.63, 3.8) is 0 Å². The van der Waals surface area contributed by atoms with Gasteiger partial charge in [0.2, 0.25) is 5.91 Å². The highest BCUT2D eigenvalue weighted by atomic mass is 35.5. The number of piperazine rings is 1. The molecule has 2 fully saturated rings. The standard InChI is InChI=1S/C16H24ClN3O4S2/c1-12-9-18(10-13(2)24-12)11-15(21)19-5-7-20(8-6-19)26(22,23)16-4-3-14(17)25-16/h3-4,12-13H,5-11H2,1-2H3/t12-,13-/m1/s1. The van der Waals surface area contributed by atoms with Crippen molar-refractivity contribution in [1.29, 1.82) is 0 Å². The Labute approximate surface area is 163 Å². The normalized spacial score (nSPS) is 26.2. The quantitative estimate of drug-likeness (QED) is 0.733. The number of morpholine rings is 1. The molecule has 2 atom stereocenters. The van der Waals surface area contributed by atoms with Gasteiger partial charge in [-0.1, -0.05) is 11.6 Å². The molecule has 0 bridgehead atoms. The maximum atomic E-state index is 12.6. The van der Waals surface area contributed by atoms with Crippen molar-refractivity contribution in [2.75, 3.05) is 45.8 Å². The van der Waals surface area contributed by atoms with Crippen LogP contribution in [0.1, 0.15) is 13.8 Å². The van der Waals surface area contributed by atoms with Crippen LogP contribution in [0.25, 0.3) is 0 Å². The monoisotopic (exact) mass is 421 g/mol. The van der Waals surface area contributed by atoms with E-state index in [1.54, 1.807) is 11.0 Å². The average Bonchev–Trinajstić information content (AvgIpc) is 3.01. The summed E-state index contributed by atoms with van der Waals surface area (Å²) in [6.45, 7) is 7.28. The van der Waals surface area contributed by atoms with E-state index in [2.05, 4.69) is 4.90 Å². The highest BCUT2D eigenvalue weighted by Crippen LogP contribution is 2.28. The van der Waals surface area contributed by atoms with Gasteiger partial charge in [-0.15, -0.1) is 11.3 Å².